The molecule has 1 amide bonds. The van der Waals surface area contributed by atoms with Crippen molar-refractivity contribution >= 4 is 6.09 Å². The molecule has 0 bridgehead atoms. The monoisotopic (exact) mass is 170 g/mol. The number of hydrogen-bond donors (Lipinski definition) is 1. The van der Waals surface area contributed by atoms with E-state index in [-0.39, 0.29) is 11.7 Å². The zero-order valence-corrected chi connectivity index (χ0v) is 7.30. The van der Waals surface area contributed by atoms with E-state index in [0.717, 1.165) is 32.6 Å². The van der Waals surface area contributed by atoms with Gasteiger partial charge in [0.15, 0.2) is 0 Å². The molecule has 0 aromatic heterocycles. The first-order valence-corrected chi connectivity index (χ1v) is 4.44. The summed E-state index contributed by atoms with van der Waals surface area (Å²) in [6.07, 6.45) is 0.802. The molecule has 1 unspecified atom stereocenters. The number of amides is 1. The molecule has 2 fully saturated rings. The minimum Gasteiger partial charge on any atom is -0.439 e. The van der Waals surface area contributed by atoms with Crippen LogP contribution in [0.4, 0.5) is 4.79 Å². The summed E-state index contributed by atoms with van der Waals surface area (Å²) in [7, 11) is 0. The van der Waals surface area contributed by atoms with Crippen molar-refractivity contribution in [1.82, 2.24) is 10.2 Å². The predicted octanol–water partition coefficient (Wildman–Crippen LogP) is 0.191. The van der Waals surface area contributed by atoms with Gasteiger partial charge in [0.2, 0.25) is 0 Å². The Balaban J connectivity index is 2.08. The molecule has 4 heteroatoms. The van der Waals surface area contributed by atoms with Crippen molar-refractivity contribution < 1.29 is 9.53 Å². The Morgan fingerprint density at radius 1 is 1.75 bits per heavy atom. The van der Waals surface area contributed by atoms with Crippen LogP contribution in [0, 0.1) is 0 Å². The lowest BCUT2D eigenvalue weighted by Gasteiger charge is -2.18. The van der Waals surface area contributed by atoms with E-state index < -0.39 is 0 Å². The van der Waals surface area contributed by atoms with Gasteiger partial charge >= 0.3 is 6.09 Å². The van der Waals surface area contributed by atoms with E-state index in [1.165, 1.54) is 0 Å². The second-order valence-electron chi connectivity index (χ2n) is 3.49. The quantitative estimate of drug-likeness (QED) is 0.611. The van der Waals surface area contributed by atoms with Crippen molar-refractivity contribution in [3.63, 3.8) is 0 Å². The Labute approximate surface area is 71.9 Å². The number of carbonyl (C=O) groups is 1. The molecule has 12 heavy (non-hydrogen) atoms. The highest BCUT2D eigenvalue weighted by Gasteiger charge is 2.46. The normalized spacial score (nSPS) is 34.8. The molecule has 1 spiro atoms. The molecule has 0 aromatic carbocycles. The minimum absolute atomic E-state index is 0.152. The Kier molecular flexibility index (Phi) is 1.72. The molecule has 68 valence electrons. The molecule has 1 N–H and O–H groups in total. The van der Waals surface area contributed by atoms with Gasteiger partial charge in [0.25, 0.3) is 0 Å². The molecule has 0 aromatic rings. The lowest BCUT2D eigenvalue weighted by molar-refractivity contribution is 0.0728. The van der Waals surface area contributed by atoms with Crippen LogP contribution < -0.4 is 5.32 Å². The van der Waals surface area contributed by atoms with Crippen LogP contribution >= 0.6 is 0 Å². The summed E-state index contributed by atoms with van der Waals surface area (Å²) in [6.45, 7) is 5.26. The number of nitrogens with one attached hydrogen (secondary N) is 1. The van der Waals surface area contributed by atoms with Crippen molar-refractivity contribution in [2.75, 3.05) is 26.2 Å². The molecule has 2 heterocycles. The highest BCUT2D eigenvalue weighted by Crippen LogP contribution is 2.27. The SMILES string of the molecule is CCN1CC2(CCNC2)OC1=O. The Hall–Kier alpha value is -0.770. The first-order chi connectivity index (χ1) is 5.76. The number of rotatable bonds is 1. The van der Waals surface area contributed by atoms with Gasteiger partial charge in [0, 0.05) is 19.5 Å². The van der Waals surface area contributed by atoms with Gasteiger partial charge in [-0.05, 0) is 13.5 Å². The lowest BCUT2D eigenvalue weighted by Crippen LogP contribution is -2.36. The first-order valence-electron chi connectivity index (χ1n) is 4.44. The van der Waals surface area contributed by atoms with Crippen LogP contribution in [0.15, 0.2) is 0 Å². The molecule has 0 saturated carbocycles. The zero-order valence-electron chi connectivity index (χ0n) is 7.30. The summed E-state index contributed by atoms with van der Waals surface area (Å²) < 4.78 is 5.34. The maximum atomic E-state index is 11.2. The van der Waals surface area contributed by atoms with Gasteiger partial charge in [0.05, 0.1) is 6.54 Å². The molecule has 2 saturated heterocycles. The summed E-state index contributed by atoms with van der Waals surface area (Å²) in [5.74, 6) is 0. The van der Waals surface area contributed by atoms with E-state index >= 15 is 0 Å². The molecule has 4 nitrogen and oxygen atoms in total. The summed E-state index contributed by atoms with van der Waals surface area (Å²) >= 11 is 0. The fourth-order valence-electron chi connectivity index (χ4n) is 1.88. The third kappa shape index (κ3) is 1.06. The lowest BCUT2D eigenvalue weighted by atomic mass is 10.0. The van der Waals surface area contributed by atoms with Gasteiger partial charge in [-0.15, -0.1) is 0 Å². The molecular weight excluding hydrogens is 156 g/mol. The highest BCUT2D eigenvalue weighted by molar-refractivity contribution is 5.70. The number of nitrogens with zero attached hydrogens (tertiary/aromatic N) is 1. The van der Waals surface area contributed by atoms with E-state index in [4.69, 9.17) is 4.74 Å². The molecule has 0 radical (unpaired) electrons. The summed E-state index contributed by atoms with van der Waals surface area (Å²) in [5.41, 5.74) is -0.201. The Morgan fingerprint density at radius 3 is 3.08 bits per heavy atom. The van der Waals surface area contributed by atoms with Crippen LogP contribution in [0.1, 0.15) is 13.3 Å². The topological polar surface area (TPSA) is 41.6 Å². The summed E-state index contributed by atoms with van der Waals surface area (Å²) in [5, 5.41) is 3.22. The predicted molar refractivity (Wildman–Crippen MR) is 43.9 cm³/mol. The number of likely N-dealkylation sites (N-methyl/N-ethyl adjacent to an activating group) is 1. The third-order valence-electron chi connectivity index (χ3n) is 2.63. The maximum absolute atomic E-state index is 11.2. The summed E-state index contributed by atoms with van der Waals surface area (Å²) in [4.78, 5) is 13.0. The van der Waals surface area contributed by atoms with Crippen molar-refractivity contribution in [2.24, 2.45) is 0 Å². The van der Waals surface area contributed by atoms with E-state index in [9.17, 15) is 4.79 Å². The van der Waals surface area contributed by atoms with E-state index in [1.54, 1.807) is 4.90 Å². The fraction of sp³-hybridized carbons (Fsp3) is 0.875. The van der Waals surface area contributed by atoms with Gasteiger partial charge < -0.3 is 15.0 Å². The van der Waals surface area contributed by atoms with Crippen LogP contribution in [0.3, 0.4) is 0 Å². The average molecular weight is 170 g/mol. The fourth-order valence-corrected chi connectivity index (χ4v) is 1.88. The molecule has 1 atom stereocenters. The molecular formula is C8H14N2O2. The zero-order chi connectivity index (χ0) is 8.60. The Morgan fingerprint density at radius 2 is 2.58 bits per heavy atom. The van der Waals surface area contributed by atoms with Gasteiger partial charge in [-0.1, -0.05) is 0 Å². The van der Waals surface area contributed by atoms with Crippen molar-refractivity contribution in [1.29, 1.82) is 0 Å². The van der Waals surface area contributed by atoms with E-state index in [2.05, 4.69) is 5.32 Å². The Bertz CT molecular complexity index is 199. The number of hydrogen-bond acceptors (Lipinski definition) is 3. The second kappa shape index (κ2) is 2.62. The van der Waals surface area contributed by atoms with Gasteiger partial charge in [0.1, 0.15) is 5.60 Å². The molecule has 2 aliphatic rings. The van der Waals surface area contributed by atoms with Crippen LogP contribution in [0.5, 0.6) is 0 Å². The third-order valence-corrected chi connectivity index (χ3v) is 2.63. The number of carbonyl (C=O) groups excluding carboxylic acids is 1. The van der Waals surface area contributed by atoms with Crippen LogP contribution in [0.2, 0.25) is 0 Å². The average Bonchev–Trinajstić information content (AvgIpc) is 2.60. The van der Waals surface area contributed by atoms with Crippen LogP contribution in [-0.4, -0.2) is 42.8 Å². The smallest absolute Gasteiger partial charge is 0.410 e. The number of ether oxygens (including phenoxy) is 1. The van der Waals surface area contributed by atoms with Crippen molar-refractivity contribution in [3.8, 4) is 0 Å². The largest absolute Gasteiger partial charge is 0.439 e. The molecule has 2 rings (SSSR count). The highest BCUT2D eigenvalue weighted by atomic mass is 16.6. The minimum atomic E-state index is -0.201. The second-order valence-corrected chi connectivity index (χ2v) is 3.49. The van der Waals surface area contributed by atoms with Crippen molar-refractivity contribution in [2.45, 2.75) is 18.9 Å². The van der Waals surface area contributed by atoms with Crippen LogP contribution in [0.25, 0.3) is 0 Å². The van der Waals surface area contributed by atoms with Gasteiger partial charge in [-0.25, -0.2) is 4.79 Å². The van der Waals surface area contributed by atoms with Gasteiger partial charge in [-0.2, -0.15) is 0 Å². The van der Waals surface area contributed by atoms with E-state index in [0.29, 0.717) is 0 Å². The standard InChI is InChI=1S/C8H14N2O2/c1-2-10-6-8(12-7(10)11)3-4-9-5-8/h9H,2-6H2,1H3. The van der Waals surface area contributed by atoms with Gasteiger partial charge in [-0.3, -0.25) is 0 Å². The first kappa shape index (κ1) is 7.86. The van der Waals surface area contributed by atoms with Crippen LogP contribution in [-0.2, 0) is 4.74 Å². The molecule has 0 aliphatic carbocycles. The molecule has 2 aliphatic heterocycles. The summed E-state index contributed by atoms with van der Waals surface area (Å²) in [6, 6.07) is 0. The maximum Gasteiger partial charge on any atom is 0.410 e. The van der Waals surface area contributed by atoms with Crippen molar-refractivity contribution in [3.05, 3.63) is 0 Å². The van der Waals surface area contributed by atoms with E-state index in [1.807, 2.05) is 6.92 Å².